The largest absolute Gasteiger partial charge is 1.00 e. The standard InChI is InChI=1S/C24H49NO2.Li/c1-5-9-11-13-15-17-19-22(7-3)25(21-24(26)27)23(8-4)20-18-16-14-12-10-6-2;/h22-23H,5-21H2,1-4H3,(H,26,27);/q;+1/p-1. The van der Waals surface area contributed by atoms with Crippen LogP contribution in [0, 0.1) is 0 Å². The van der Waals surface area contributed by atoms with Gasteiger partial charge in [-0.05, 0) is 25.7 Å². The Morgan fingerprint density at radius 2 is 1.04 bits per heavy atom. The number of rotatable bonds is 20. The maximum atomic E-state index is 11.4. The Balaban J connectivity index is 0. The van der Waals surface area contributed by atoms with Gasteiger partial charge in [-0.25, -0.2) is 0 Å². The number of hydrogen-bond donors (Lipinski definition) is 0. The molecule has 0 aliphatic heterocycles. The van der Waals surface area contributed by atoms with Gasteiger partial charge in [0.2, 0.25) is 0 Å². The van der Waals surface area contributed by atoms with E-state index >= 15 is 0 Å². The van der Waals surface area contributed by atoms with Gasteiger partial charge in [-0.1, -0.05) is 105 Å². The van der Waals surface area contributed by atoms with Gasteiger partial charge in [0.15, 0.2) is 0 Å². The molecule has 28 heavy (non-hydrogen) atoms. The van der Waals surface area contributed by atoms with E-state index in [4.69, 9.17) is 0 Å². The SMILES string of the molecule is CCCCCCCCC(CC)N(CC(=O)[O-])C(CC)CCCCCCCC.[Li+]. The molecule has 2 unspecified atom stereocenters. The molecule has 0 spiro atoms. The van der Waals surface area contributed by atoms with E-state index in [0.29, 0.717) is 12.1 Å². The maximum absolute atomic E-state index is 11.4. The van der Waals surface area contributed by atoms with Crippen molar-refractivity contribution < 1.29 is 28.8 Å². The summed E-state index contributed by atoms with van der Waals surface area (Å²) in [7, 11) is 0. The first kappa shape index (κ1) is 30.2. The molecular formula is C24H48LiNO2. The predicted octanol–water partition coefficient (Wildman–Crippen LogP) is 3.10. The van der Waals surface area contributed by atoms with E-state index in [2.05, 4.69) is 32.6 Å². The minimum atomic E-state index is -0.919. The fourth-order valence-electron chi connectivity index (χ4n) is 4.23. The molecule has 0 aromatic heterocycles. The third-order valence-corrected chi connectivity index (χ3v) is 5.97. The zero-order valence-corrected chi connectivity index (χ0v) is 19.9. The summed E-state index contributed by atoms with van der Waals surface area (Å²) in [5.41, 5.74) is 0. The number of carbonyl (C=O) groups excluding carboxylic acids is 1. The van der Waals surface area contributed by atoms with Gasteiger partial charge in [0.25, 0.3) is 0 Å². The van der Waals surface area contributed by atoms with Gasteiger partial charge in [0, 0.05) is 18.6 Å². The second-order valence-corrected chi connectivity index (χ2v) is 8.28. The van der Waals surface area contributed by atoms with Crippen LogP contribution in [0.2, 0.25) is 0 Å². The van der Waals surface area contributed by atoms with E-state index in [9.17, 15) is 9.90 Å². The molecule has 0 aromatic carbocycles. The zero-order valence-electron chi connectivity index (χ0n) is 19.9. The monoisotopic (exact) mass is 389 g/mol. The molecule has 0 aliphatic rings. The Kier molecular flexibility index (Phi) is 23.5. The van der Waals surface area contributed by atoms with Gasteiger partial charge >= 0.3 is 18.9 Å². The van der Waals surface area contributed by atoms with Crippen LogP contribution < -0.4 is 24.0 Å². The van der Waals surface area contributed by atoms with E-state index in [-0.39, 0.29) is 25.4 Å². The first-order valence-corrected chi connectivity index (χ1v) is 12.1. The van der Waals surface area contributed by atoms with Gasteiger partial charge in [-0.3, -0.25) is 4.90 Å². The molecule has 0 aliphatic carbocycles. The summed E-state index contributed by atoms with van der Waals surface area (Å²) in [5.74, 6) is -0.919. The molecule has 0 N–H and O–H groups in total. The molecule has 4 heteroatoms. The van der Waals surface area contributed by atoms with Crippen LogP contribution in [0.4, 0.5) is 0 Å². The smallest absolute Gasteiger partial charge is 0.549 e. The van der Waals surface area contributed by atoms with E-state index in [0.717, 1.165) is 25.7 Å². The summed E-state index contributed by atoms with van der Waals surface area (Å²) in [6, 6.07) is 0.776. The maximum Gasteiger partial charge on any atom is 1.00 e. The van der Waals surface area contributed by atoms with E-state index in [1.165, 1.54) is 77.0 Å². The van der Waals surface area contributed by atoms with Crippen molar-refractivity contribution in [2.75, 3.05) is 6.54 Å². The minimum Gasteiger partial charge on any atom is -0.549 e. The Hall–Kier alpha value is 0.0274. The van der Waals surface area contributed by atoms with E-state index < -0.39 is 5.97 Å². The van der Waals surface area contributed by atoms with Crippen LogP contribution in [0.3, 0.4) is 0 Å². The van der Waals surface area contributed by atoms with Gasteiger partial charge in [-0.15, -0.1) is 0 Å². The van der Waals surface area contributed by atoms with Crippen molar-refractivity contribution >= 4 is 5.97 Å². The van der Waals surface area contributed by atoms with Gasteiger partial charge in [0.05, 0.1) is 5.97 Å². The average Bonchev–Trinajstić information content (AvgIpc) is 2.65. The molecule has 0 amide bonds. The summed E-state index contributed by atoms with van der Waals surface area (Å²) in [6.07, 6.45) is 19.9. The molecule has 3 nitrogen and oxygen atoms in total. The van der Waals surface area contributed by atoms with Crippen LogP contribution in [0.25, 0.3) is 0 Å². The van der Waals surface area contributed by atoms with Crippen LogP contribution >= 0.6 is 0 Å². The second-order valence-electron chi connectivity index (χ2n) is 8.28. The van der Waals surface area contributed by atoms with Crippen LogP contribution in [-0.2, 0) is 4.79 Å². The fraction of sp³-hybridized carbons (Fsp3) is 0.958. The summed E-state index contributed by atoms with van der Waals surface area (Å²) in [4.78, 5) is 13.7. The molecule has 0 fully saturated rings. The first-order chi connectivity index (χ1) is 13.1. The van der Waals surface area contributed by atoms with Gasteiger partial charge < -0.3 is 9.90 Å². The molecule has 0 heterocycles. The molecule has 0 rings (SSSR count). The third kappa shape index (κ3) is 15.9. The third-order valence-electron chi connectivity index (χ3n) is 5.97. The van der Waals surface area contributed by atoms with Crippen molar-refractivity contribution in [1.82, 2.24) is 4.90 Å². The Morgan fingerprint density at radius 3 is 1.36 bits per heavy atom. The summed E-state index contributed by atoms with van der Waals surface area (Å²) < 4.78 is 0. The average molecular weight is 390 g/mol. The van der Waals surface area contributed by atoms with E-state index in [1.807, 2.05) is 0 Å². The first-order valence-electron chi connectivity index (χ1n) is 12.1. The summed E-state index contributed by atoms with van der Waals surface area (Å²) in [5, 5.41) is 11.4. The molecule has 0 aromatic rings. The number of nitrogens with zero attached hydrogens (tertiary/aromatic N) is 1. The number of hydrogen-bond acceptors (Lipinski definition) is 3. The second kappa shape index (κ2) is 21.7. The molecule has 0 saturated heterocycles. The van der Waals surface area contributed by atoms with Crippen molar-refractivity contribution in [2.24, 2.45) is 0 Å². The number of carbonyl (C=O) groups is 1. The number of aliphatic carboxylic acids is 1. The van der Waals surface area contributed by atoms with Crippen LogP contribution in [0.15, 0.2) is 0 Å². The minimum absolute atomic E-state index is 0. The van der Waals surface area contributed by atoms with Crippen molar-refractivity contribution in [3.8, 4) is 0 Å². The number of carboxylic acids is 1. The predicted molar refractivity (Wildman–Crippen MR) is 116 cm³/mol. The van der Waals surface area contributed by atoms with Gasteiger partial charge in [-0.2, -0.15) is 0 Å². The van der Waals surface area contributed by atoms with Crippen LogP contribution in [0.1, 0.15) is 130 Å². The van der Waals surface area contributed by atoms with Crippen molar-refractivity contribution in [2.45, 2.75) is 143 Å². The molecule has 0 radical (unpaired) electrons. The Bertz CT molecular complexity index is 315. The van der Waals surface area contributed by atoms with Crippen molar-refractivity contribution in [3.05, 3.63) is 0 Å². The number of unbranched alkanes of at least 4 members (excludes halogenated alkanes) is 10. The quantitative estimate of drug-likeness (QED) is 0.237. The Labute approximate surface area is 188 Å². The topological polar surface area (TPSA) is 43.4 Å². The van der Waals surface area contributed by atoms with Crippen molar-refractivity contribution in [3.63, 3.8) is 0 Å². The molecular weight excluding hydrogens is 341 g/mol. The molecule has 0 saturated carbocycles. The summed E-state index contributed by atoms with van der Waals surface area (Å²) in [6.45, 7) is 9.02. The van der Waals surface area contributed by atoms with Crippen LogP contribution in [-0.4, -0.2) is 29.5 Å². The number of carboxylic acid groups (broad SMARTS) is 1. The van der Waals surface area contributed by atoms with Gasteiger partial charge in [0.1, 0.15) is 0 Å². The Morgan fingerprint density at radius 1 is 0.679 bits per heavy atom. The van der Waals surface area contributed by atoms with Crippen molar-refractivity contribution in [1.29, 1.82) is 0 Å². The zero-order chi connectivity index (χ0) is 20.3. The normalized spacial score (nSPS) is 13.3. The summed E-state index contributed by atoms with van der Waals surface area (Å²) >= 11 is 0. The molecule has 2 atom stereocenters. The van der Waals surface area contributed by atoms with Crippen LogP contribution in [0.5, 0.6) is 0 Å². The molecule has 0 bridgehead atoms. The van der Waals surface area contributed by atoms with E-state index in [1.54, 1.807) is 0 Å². The molecule has 162 valence electrons. The fourth-order valence-corrected chi connectivity index (χ4v) is 4.23.